The molecule has 0 aliphatic heterocycles. The second kappa shape index (κ2) is 7.35. The third kappa shape index (κ3) is 3.25. The van der Waals surface area contributed by atoms with Gasteiger partial charge in [-0.15, -0.1) is 0 Å². The molecule has 164 valence electrons. The van der Waals surface area contributed by atoms with E-state index in [2.05, 4.69) is 31.3 Å². The predicted molar refractivity (Wildman–Crippen MR) is 115 cm³/mol. The van der Waals surface area contributed by atoms with E-state index in [0.717, 1.165) is 24.8 Å². The third-order valence-corrected chi connectivity index (χ3v) is 8.59. The van der Waals surface area contributed by atoms with Crippen molar-refractivity contribution >= 4 is 17.7 Å². The summed E-state index contributed by atoms with van der Waals surface area (Å²) >= 11 is 0. The normalized spacial score (nSPS) is 42.1. The third-order valence-electron chi connectivity index (χ3n) is 8.59. The molecule has 0 aromatic heterocycles. The molecule has 0 heterocycles. The minimum atomic E-state index is -0.385. The number of rotatable bonds is 3. The second-order valence-corrected chi connectivity index (χ2v) is 10.7. The molecule has 0 saturated heterocycles. The molecule has 0 radical (unpaired) electrons. The molecular formula is C25H35NO4. The molecular weight excluding hydrogens is 378 g/mol. The van der Waals surface area contributed by atoms with E-state index in [9.17, 15) is 14.4 Å². The molecule has 2 saturated carbocycles. The van der Waals surface area contributed by atoms with E-state index < -0.39 is 0 Å². The highest BCUT2D eigenvalue weighted by molar-refractivity contribution is 5.92. The van der Waals surface area contributed by atoms with Crippen LogP contribution in [0, 0.1) is 34.5 Å². The molecule has 0 bridgehead atoms. The van der Waals surface area contributed by atoms with E-state index in [1.165, 1.54) is 0 Å². The zero-order valence-corrected chi connectivity index (χ0v) is 18.9. The molecule has 7 atom stereocenters. The fourth-order valence-electron chi connectivity index (χ4n) is 7.28. The molecule has 0 aromatic carbocycles. The lowest BCUT2D eigenvalue weighted by Gasteiger charge is -2.58. The number of alkyl carbamates (subject to hydrolysis) is 1. The van der Waals surface area contributed by atoms with Crippen molar-refractivity contribution in [2.75, 3.05) is 0 Å². The highest BCUT2D eigenvalue weighted by atomic mass is 16.6. The van der Waals surface area contributed by atoms with Gasteiger partial charge >= 0.3 is 6.09 Å². The summed E-state index contributed by atoms with van der Waals surface area (Å²) in [7, 11) is 0. The fraction of sp³-hybridized carbons (Fsp3) is 0.720. The zero-order chi connectivity index (χ0) is 21.8. The van der Waals surface area contributed by atoms with Crippen LogP contribution in [0.2, 0.25) is 0 Å². The van der Waals surface area contributed by atoms with Gasteiger partial charge in [-0.25, -0.2) is 4.79 Å². The fourth-order valence-corrected chi connectivity index (χ4v) is 7.28. The van der Waals surface area contributed by atoms with Gasteiger partial charge < -0.3 is 10.1 Å². The van der Waals surface area contributed by atoms with E-state index in [0.29, 0.717) is 18.8 Å². The van der Waals surface area contributed by atoms with Crippen LogP contribution in [0.4, 0.5) is 4.79 Å². The predicted octanol–water partition coefficient (Wildman–Crippen LogP) is 4.61. The average Bonchev–Trinajstić information content (AvgIpc) is 2.98. The monoisotopic (exact) mass is 413 g/mol. The number of allylic oxidation sites excluding steroid dienone is 4. The summed E-state index contributed by atoms with van der Waals surface area (Å²) in [5.41, 5.74) is 0.719. The molecule has 0 aromatic rings. The topological polar surface area (TPSA) is 72.5 Å². The lowest BCUT2D eigenvalue weighted by atomic mass is 9.47. The first-order chi connectivity index (χ1) is 14.1. The Morgan fingerprint density at radius 2 is 1.97 bits per heavy atom. The first kappa shape index (κ1) is 21.3. The van der Waals surface area contributed by atoms with Crippen LogP contribution in [0.25, 0.3) is 0 Å². The Morgan fingerprint density at radius 3 is 2.63 bits per heavy atom. The molecule has 1 amide bonds. The maximum Gasteiger partial charge on any atom is 0.407 e. The quantitative estimate of drug-likeness (QED) is 0.733. The van der Waals surface area contributed by atoms with Gasteiger partial charge in [0.2, 0.25) is 0 Å². The summed E-state index contributed by atoms with van der Waals surface area (Å²) in [5, 5.41) is 2.87. The molecule has 5 heteroatoms. The van der Waals surface area contributed by atoms with E-state index >= 15 is 0 Å². The number of ketones is 2. The average molecular weight is 414 g/mol. The van der Waals surface area contributed by atoms with E-state index in [1.807, 2.05) is 13.8 Å². The first-order valence-electron chi connectivity index (χ1n) is 11.5. The van der Waals surface area contributed by atoms with Gasteiger partial charge in [-0.3, -0.25) is 9.59 Å². The molecule has 4 rings (SSSR count). The zero-order valence-electron chi connectivity index (χ0n) is 18.9. The number of carbonyl (C=O) groups is 3. The van der Waals surface area contributed by atoms with Gasteiger partial charge in [0, 0.05) is 24.3 Å². The summed E-state index contributed by atoms with van der Waals surface area (Å²) in [5.74, 6) is 1.23. The van der Waals surface area contributed by atoms with Crippen molar-refractivity contribution in [2.45, 2.75) is 78.9 Å². The maximum atomic E-state index is 12.6. The molecule has 1 N–H and O–H groups in total. The van der Waals surface area contributed by atoms with Crippen molar-refractivity contribution in [2.24, 2.45) is 34.5 Å². The van der Waals surface area contributed by atoms with Crippen molar-refractivity contribution in [1.82, 2.24) is 5.32 Å². The summed E-state index contributed by atoms with van der Waals surface area (Å²) < 4.78 is 6.11. The van der Waals surface area contributed by atoms with Gasteiger partial charge in [0.1, 0.15) is 11.9 Å². The van der Waals surface area contributed by atoms with Crippen LogP contribution >= 0.6 is 0 Å². The SMILES string of the molecule is CC(=O)[C@H]1CC[C@H]2[C@@H]3C=CC4=CC(=O)CC[C@@]4(C)[C@@H]3[C@@H](OC(=O)NC(C)C)C[C@]12C. The van der Waals surface area contributed by atoms with Crippen LogP contribution in [-0.4, -0.2) is 29.8 Å². The highest BCUT2D eigenvalue weighted by Gasteiger charge is 2.62. The smallest absolute Gasteiger partial charge is 0.407 e. The van der Waals surface area contributed by atoms with Crippen LogP contribution in [-0.2, 0) is 14.3 Å². The number of ether oxygens (including phenoxy) is 1. The van der Waals surface area contributed by atoms with Crippen molar-refractivity contribution in [3.8, 4) is 0 Å². The van der Waals surface area contributed by atoms with Gasteiger partial charge in [-0.05, 0) is 80.8 Å². The first-order valence-corrected chi connectivity index (χ1v) is 11.5. The van der Waals surface area contributed by atoms with E-state index in [1.54, 1.807) is 13.0 Å². The van der Waals surface area contributed by atoms with Crippen molar-refractivity contribution < 1.29 is 19.1 Å². The van der Waals surface area contributed by atoms with Crippen LogP contribution in [0.15, 0.2) is 23.8 Å². The van der Waals surface area contributed by atoms with Crippen LogP contribution < -0.4 is 5.32 Å². The van der Waals surface area contributed by atoms with Gasteiger partial charge in [0.05, 0.1) is 0 Å². The van der Waals surface area contributed by atoms with Gasteiger partial charge in [-0.2, -0.15) is 0 Å². The molecule has 2 fully saturated rings. The second-order valence-electron chi connectivity index (χ2n) is 10.7. The lowest BCUT2D eigenvalue weighted by molar-refractivity contribution is -0.135. The molecule has 0 spiro atoms. The van der Waals surface area contributed by atoms with Gasteiger partial charge in [0.15, 0.2) is 5.78 Å². The number of hydrogen-bond donors (Lipinski definition) is 1. The number of nitrogens with one attached hydrogen (secondary N) is 1. The molecule has 4 aliphatic rings. The number of amides is 1. The Hall–Kier alpha value is -1.91. The molecule has 30 heavy (non-hydrogen) atoms. The standard InChI is InChI=1S/C25H35NO4/c1-14(2)26-23(29)30-21-13-25(5)19(15(3)27)8-9-20(25)18-7-6-16-12-17(28)10-11-24(16,4)22(18)21/h6-7,12,14,18-22H,8-11,13H2,1-5H3,(H,26,29)/t18-,19+,20-,21-,22-,24+,25+/m0/s1. The Balaban J connectivity index is 1.76. The minimum absolute atomic E-state index is 0.00117. The number of hydrogen-bond acceptors (Lipinski definition) is 4. The number of carbonyl (C=O) groups excluding carboxylic acids is 3. The molecule has 5 nitrogen and oxygen atoms in total. The molecule has 0 unspecified atom stereocenters. The highest BCUT2D eigenvalue weighted by Crippen LogP contribution is 2.65. The van der Waals surface area contributed by atoms with Crippen molar-refractivity contribution in [3.63, 3.8) is 0 Å². The van der Waals surface area contributed by atoms with Crippen molar-refractivity contribution in [3.05, 3.63) is 23.8 Å². The Kier molecular flexibility index (Phi) is 5.22. The number of fused-ring (bicyclic) bond motifs is 5. The molecule has 4 aliphatic carbocycles. The Bertz CT molecular complexity index is 827. The minimum Gasteiger partial charge on any atom is -0.446 e. The summed E-state index contributed by atoms with van der Waals surface area (Å²) in [4.78, 5) is 37.2. The van der Waals surface area contributed by atoms with E-state index in [-0.39, 0.29) is 58.4 Å². The summed E-state index contributed by atoms with van der Waals surface area (Å²) in [6, 6.07) is 0.00117. The van der Waals surface area contributed by atoms with Crippen molar-refractivity contribution in [1.29, 1.82) is 0 Å². The maximum absolute atomic E-state index is 12.6. The number of Topliss-reactive ketones (excluding diaryl/α,β-unsaturated/α-hetero) is 1. The Labute approximate surface area is 179 Å². The van der Waals surface area contributed by atoms with Gasteiger partial charge in [0.25, 0.3) is 0 Å². The van der Waals surface area contributed by atoms with Crippen LogP contribution in [0.5, 0.6) is 0 Å². The van der Waals surface area contributed by atoms with Gasteiger partial charge in [-0.1, -0.05) is 26.0 Å². The summed E-state index contributed by atoms with van der Waals surface area (Å²) in [6.45, 7) is 10.0. The van der Waals surface area contributed by atoms with Crippen LogP contribution in [0.3, 0.4) is 0 Å². The van der Waals surface area contributed by atoms with Crippen LogP contribution in [0.1, 0.15) is 66.7 Å². The summed E-state index contributed by atoms with van der Waals surface area (Å²) in [6.07, 6.45) is 9.50. The van der Waals surface area contributed by atoms with E-state index in [4.69, 9.17) is 4.74 Å². The lowest BCUT2D eigenvalue weighted by Crippen LogP contribution is -2.57. The largest absolute Gasteiger partial charge is 0.446 e. The Morgan fingerprint density at radius 1 is 1.23 bits per heavy atom.